The van der Waals surface area contributed by atoms with Crippen molar-refractivity contribution in [3.8, 4) is 16.9 Å². The maximum atomic E-state index is 12.1. The molecule has 3 rings (SSSR count). The molecule has 0 spiro atoms. The Balaban J connectivity index is 1.60. The molecule has 1 N–H and O–H groups in total. The lowest BCUT2D eigenvalue weighted by Crippen LogP contribution is -2.28. The van der Waals surface area contributed by atoms with E-state index in [1.54, 1.807) is 0 Å². The number of ether oxygens (including phenoxy) is 1. The number of carbonyl (C=O) groups excluding carboxylic acids is 1. The van der Waals surface area contributed by atoms with E-state index >= 15 is 0 Å². The molecule has 25 heavy (non-hydrogen) atoms. The Bertz CT molecular complexity index is 741. The molecule has 0 unspecified atom stereocenters. The van der Waals surface area contributed by atoms with Crippen molar-refractivity contribution in [1.82, 2.24) is 5.43 Å². The van der Waals surface area contributed by atoms with Crippen molar-refractivity contribution < 1.29 is 9.53 Å². The lowest BCUT2D eigenvalue weighted by atomic mass is 9.89. The normalized spacial score (nSPS) is 18.8. The van der Waals surface area contributed by atoms with Crippen molar-refractivity contribution in [1.29, 1.82) is 0 Å². The van der Waals surface area contributed by atoms with Crippen LogP contribution in [0, 0.1) is 5.92 Å². The van der Waals surface area contributed by atoms with Crippen LogP contribution >= 0.6 is 0 Å². The minimum Gasteiger partial charge on any atom is -0.483 e. The Hall–Kier alpha value is -2.62. The summed E-state index contributed by atoms with van der Waals surface area (Å²) in [5.74, 6) is 0.921. The van der Waals surface area contributed by atoms with Gasteiger partial charge in [0.1, 0.15) is 5.75 Å². The molecule has 0 saturated heterocycles. The highest BCUT2D eigenvalue weighted by molar-refractivity contribution is 5.88. The quantitative estimate of drug-likeness (QED) is 0.822. The maximum absolute atomic E-state index is 12.1. The Morgan fingerprint density at radius 2 is 1.88 bits per heavy atom. The van der Waals surface area contributed by atoms with Crippen LogP contribution in [-0.4, -0.2) is 18.2 Å². The summed E-state index contributed by atoms with van der Waals surface area (Å²) in [6, 6.07) is 17.7. The van der Waals surface area contributed by atoms with Crippen LogP contribution in [0.2, 0.25) is 0 Å². The largest absolute Gasteiger partial charge is 0.483 e. The number of nitrogens with one attached hydrogen (secondary N) is 1. The fourth-order valence-electron chi connectivity index (χ4n) is 3.09. The zero-order chi connectivity index (χ0) is 17.5. The van der Waals surface area contributed by atoms with E-state index in [1.165, 1.54) is 6.42 Å². The number of amides is 1. The van der Waals surface area contributed by atoms with Crippen LogP contribution in [-0.2, 0) is 4.79 Å². The highest BCUT2D eigenvalue weighted by atomic mass is 16.5. The molecule has 1 atom stereocenters. The maximum Gasteiger partial charge on any atom is 0.277 e. The highest BCUT2D eigenvalue weighted by Gasteiger charge is 2.16. The molecule has 0 bridgehead atoms. The number of hydrogen-bond acceptors (Lipinski definition) is 3. The first-order chi connectivity index (χ1) is 12.2. The molecule has 2 aromatic rings. The third-order valence-corrected chi connectivity index (χ3v) is 4.54. The minimum atomic E-state index is -0.229. The van der Waals surface area contributed by atoms with E-state index in [-0.39, 0.29) is 12.5 Å². The highest BCUT2D eigenvalue weighted by Crippen LogP contribution is 2.29. The molecule has 4 nitrogen and oxygen atoms in total. The topological polar surface area (TPSA) is 50.7 Å². The molecule has 0 aromatic heterocycles. The van der Waals surface area contributed by atoms with Crippen molar-refractivity contribution in [3.05, 3.63) is 54.6 Å². The van der Waals surface area contributed by atoms with Gasteiger partial charge in [-0.1, -0.05) is 61.9 Å². The molecule has 1 aliphatic carbocycles. The number of benzene rings is 2. The second-order valence-electron chi connectivity index (χ2n) is 6.44. The lowest BCUT2D eigenvalue weighted by molar-refractivity contribution is -0.123. The molecule has 1 fully saturated rings. The van der Waals surface area contributed by atoms with Crippen LogP contribution in [0.15, 0.2) is 59.7 Å². The molecule has 1 amide bonds. The monoisotopic (exact) mass is 336 g/mol. The molecule has 4 heteroatoms. The summed E-state index contributed by atoms with van der Waals surface area (Å²) in [6.07, 6.45) is 4.52. The van der Waals surface area contributed by atoms with E-state index in [0.717, 1.165) is 36.1 Å². The van der Waals surface area contributed by atoms with Gasteiger partial charge in [0.25, 0.3) is 5.91 Å². The van der Waals surface area contributed by atoms with E-state index in [2.05, 4.69) is 17.5 Å². The van der Waals surface area contributed by atoms with Crippen molar-refractivity contribution in [3.63, 3.8) is 0 Å². The summed E-state index contributed by atoms with van der Waals surface area (Å²) < 4.78 is 5.74. The summed E-state index contributed by atoms with van der Waals surface area (Å²) in [5.41, 5.74) is 5.76. The molecule has 0 aliphatic heterocycles. The summed E-state index contributed by atoms with van der Waals surface area (Å²) >= 11 is 0. The second-order valence-corrected chi connectivity index (χ2v) is 6.44. The standard InChI is InChI=1S/C21H24N2O2/c1-16-9-5-7-13-19(16)22-23-21(24)15-25-20-14-8-6-12-18(20)17-10-3-2-4-11-17/h2-4,6,8,10-12,14,16H,5,7,9,13,15H2,1H3,(H,23,24)/b22-19-/t16-/m1/s1. The van der Waals surface area contributed by atoms with Gasteiger partial charge in [-0.15, -0.1) is 0 Å². The average molecular weight is 336 g/mol. The van der Waals surface area contributed by atoms with Gasteiger partial charge >= 0.3 is 0 Å². The third-order valence-electron chi connectivity index (χ3n) is 4.54. The third kappa shape index (κ3) is 4.69. The van der Waals surface area contributed by atoms with Gasteiger partial charge < -0.3 is 4.74 Å². The van der Waals surface area contributed by atoms with Crippen molar-refractivity contribution in [2.75, 3.05) is 6.61 Å². The number of nitrogens with zero attached hydrogens (tertiary/aromatic N) is 1. The molecule has 1 aliphatic rings. The van der Waals surface area contributed by atoms with E-state index in [0.29, 0.717) is 11.7 Å². The van der Waals surface area contributed by atoms with Crippen LogP contribution in [0.3, 0.4) is 0 Å². The summed E-state index contributed by atoms with van der Waals surface area (Å²) in [4.78, 5) is 12.1. The molecular formula is C21H24N2O2. The van der Waals surface area contributed by atoms with Gasteiger partial charge in [0.05, 0.1) is 0 Å². The molecule has 0 radical (unpaired) electrons. The van der Waals surface area contributed by atoms with Crippen LogP contribution in [0.5, 0.6) is 5.75 Å². The van der Waals surface area contributed by atoms with Crippen molar-refractivity contribution in [2.45, 2.75) is 32.6 Å². The summed E-state index contributed by atoms with van der Waals surface area (Å²) in [5, 5.41) is 4.29. The smallest absolute Gasteiger partial charge is 0.277 e. The summed E-state index contributed by atoms with van der Waals surface area (Å²) in [7, 11) is 0. The number of hydrogen-bond donors (Lipinski definition) is 1. The van der Waals surface area contributed by atoms with E-state index < -0.39 is 0 Å². The molecule has 1 saturated carbocycles. The zero-order valence-electron chi connectivity index (χ0n) is 14.6. The fourth-order valence-corrected chi connectivity index (χ4v) is 3.09. The average Bonchev–Trinajstić information content (AvgIpc) is 2.66. The van der Waals surface area contributed by atoms with Gasteiger partial charge in [0.2, 0.25) is 0 Å². The second kappa shape index (κ2) is 8.47. The van der Waals surface area contributed by atoms with Gasteiger partial charge in [-0.2, -0.15) is 5.10 Å². The Morgan fingerprint density at radius 1 is 1.12 bits per heavy atom. The van der Waals surface area contributed by atoms with Gasteiger partial charge in [0.15, 0.2) is 6.61 Å². The first kappa shape index (κ1) is 17.2. The molecule has 0 heterocycles. The zero-order valence-corrected chi connectivity index (χ0v) is 14.6. The Kier molecular flexibility index (Phi) is 5.83. The SMILES string of the molecule is C[C@@H]1CCCC/C1=N/NC(=O)COc1ccccc1-c1ccccc1. The van der Waals surface area contributed by atoms with Gasteiger partial charge in [-0.25, -0.2) is 5.43 Å². The number of carbonyl (C=O) groups is 1. The van der Waals surface area contributed by atoms with E-state index in [9.17, 15) is 4.79 Å². The van der Waals surface area contributed by atoms with Gasteiger partial charge in [-0.05, 0) is 36.8 Å². The van der Waals surface area contributed by atoms with Crippen LogP contribution < -0.4 is 10.2 Å². The molecular weight excluding hydrogens is 312 g/mol. The predicted octanol–water partition coefficient (Wildman–Crippen LogP) is 4.41. The van der Waals surface area contributed by atoms with Crippen LogP contribution in [0.25, 0.3) is 11.1 Å². The van der Waals surface area contributed by atoms with Crippen LogP contribution in [0.1, 0.15) is 32.6 Å². The lowest BCUT2D eigenvalue weighted by Gasteiger charge is -2.19. The number of para-hydroxylation sites is 1. The number of hydrazone groups is 1. The van der Waals surface area contributed by atoms with Gasteiger partial charge in [-0.3, -0.25) is 4.79 Å². The summed E-state index contributed by atoms with van der Waals surface area (Å²) in [6.45, 7) is 2.12. The van der Waals surface area contributed by atoms with Crippen LogP contribution in [0.4, 0.5) is 0 Å². The fraction of sp³-hybridized carbons (Fsp3) is 0.333. The number of rotatable bonds is 5. The Morgan fingerprint density at radius 3 is 2.68 bits per heavy atom. The van der Waals surface area contributed by atoms with Crippen molar-refractivity contribution >= 4 is 11.6 Å². The molecule has 130 valence electrons. The first-order valence-corrected chi connectivity index (χ1v) is 8.86. The Labute approximate surface area is 148 Å². The van der Waals surface area contributed by atoms with Crippen molar-refractivity contribution in [2.24, 2.45) is 11.0 Å². The molecule has 2 aromatic carbocycles. The first-order valence-electron chi connectivity index (χ1n) is 8.86. The van der Waals surface area contributed by atoms with E-state index in [1.807, 2.05) is 54.6 Å². The van der Waals surface area contributed by atoms with Gasteiger partial charge in [0, 0.05) is 11.3 Å². The minimum absolute atomic E-state index is 0.0466. The predicted molar refractivity (Wildman–Crippen MR) is 101 cm³/mol. The van der Waals surface area contributed by atoms with E-state index in [4.69, 9.17) is 4.74 Å².